The molecule has 2 fully saturated rings. The summed E-state index contributed by atoms with van der Waals surface area (Å²) in [6.45, 7) is -0.0201. The van der Waals surface area contributed by atoms with Crippen LogP contribution in [0.15, 0.2) is 22.8 Å². The summed E-state index contributed by atoms with van der Waals surface area (Å²) >= 11 is 0. The van der Waals surface area contributed by atoms with Crippen LogP contribution in [0.1, 0.15) is 44.3 Å². The van der Waals surface area contributed by atoms with E-state index in [1.807, 2.05) is 0 Å². The van der Waals surface area contributed by atoms with E-state index in [0.717, 1.165) is 30.6 Å². The molecule has 3 rings (SSSR count). The van der Waals surface area contributed by atoms with Crippen LogP contribution in [0.4, 0.5) is 4.79 Å². The molecule has 0 aromatic carbocycles. The van der Waals surface area contributed by atoms with Gasteiger partial charge in [0.15, 0.2) is 0 Å². The molecule has 23 heavy (non-hydrogen) atoms. The number of hydrogen-bond donors (Lipinski definition) is 2. The summed E-state index contributed by atoms with van der Waals surface area (Å²) in [5, 5.41) is 5.47. The highest BCUT2D eigenvalue weighted by molar-refractivity contribution is 6.09. The predicted octanol–water partition coefficient (Wildman–Crippen LogP) is 1.54. The van der Waals surface area contributed by atoms with Crippen LogP contribution in [-0.4, -0.2) is 34.8 Å². The lowest BCUT2D eigenvalue weighted by atomic mass is 9.90. The zero-order valence-electron chi connectivity index (χ0n) is 13.0. The van der Waals surface area contributed by atoms with Crippen LogP contribution in [0.5, 0.6) is 0 Å². The molecule has 1 saturated carbocycles. The minimum atomic E-state index is -0.797. The summed E-state index contributed by atoms with van der Waals surface area (Å²) in [7, 11) is 0. The molecule has 7 nitrogen and oxygen atoms in total. The fourth-order valence-electron chi connectivity index (χ4n) is 3.29. The van der Waals surface area contributed by atoms with Crippen LogP contribution in [0, 0.1) is 0 Å². The van der Waals surface area contributed by atoms with E-state index >= 15 is 0 Å². The van der Waals surface area contributed by atoms with Crippen molar-refractivity contribution in [1.29, 1.82) is 0 Å². The summed E-state index contributed by atoms with van der Waals surface area (Å²) in [4.78, 5) is 37.8. The van der Waals surface area contributed by atoms with Crippen LogP contribution < -0.4 is 10.6 Å². The lowest BCUT2D eigenvalue weighted by Crippen LogP contribution is -2.47. The summed E-state index contributed by atoms with van der Waals surface area (Å²) in [6, 6.07) is 3.01. The van der Waals surface area contributed by atoms with Crippen molar-refractivity contribution in [1.82, 2.24) is 15.5 Å². The number of urea groups is 1. The van der Waals surface area contributed by atoms with Gasteiger partial charge in [0.05, 0.1) is 12.8 Å². The van der Waals surface area contributed by atoms with Crippen molar-refractivity contribution in [3.05, 3.63) is 24.2 Å². The molecule has 2 heterocycles. The molecule has 2 N–H and O–H groups in total. The molecular weight excluding hydrogens is 298 g/mol. The zero-order chi connectivity index (χ0) is 16.3. The quantitative estimate of drug-likeness (QED) is 0.824. The number of nitrogens with one attached hydrogen (secondary N) is 2. The van der Waals surface area contributed by atoms with Gasteiger partial charge in [0.25, 0.3) is 5.91 Å². The van der Waals surface area contributed by atoms with Crippen molar-refractivity contribution in [3.63, 3.8) is 0 Å². The normalized spacial score (nSPS) is 20.4. The Morgan fingerprint density at radius 3 is 2.65 bits per heavy atom. The average Bonchev–Trinajstić information content (AvgIpc) is 3.04. The number of nitrogens with zero attached hydrogens (tertiary/aromatic N) is 1. The Bertz CT molecular complexity index is 588. The van der Waals surface area contributed by atoms with Crippen molar-refractivity contribution < 1.29 is 18.8 Å². The zero-order valence-corrected chi connectivity index (χ0v) is 13.0. The fraction of sp³-hybridized carbons (Fsp3) is 0.562. The van der Waals surface area contributed by atoms with Crippen molar-refractivity contribution in [3.8, 4) is 0 Å². The maximum Gasteiger partial charge on any atom is 0.325 e. The van der Waals surface area contributed by atoms with Crippen molar-refractivity contribution in [2.45, 2.75) is 50.6 Å². The van der Waals surface area contributed by atoms with Crippen molar-refractivity contribution in [2.24, 2.45) is 0 Å². The number of carbonyl (C=O) groups is 3. The SMILES string of the molecule is O=C(CN1C(=O)NC2(CCCCCC2)C1=O)NCc1ccco1. The number of hydrogen-bond acceptors (Lipinski definition) is 4. The lowest BCUT2D eigenvalue weighted by molar-refractivity contribution is -0.135. The second-order valence-electron chi connectivity index (χ2n) is 6.17. The number of imide groups is 1. The molecule has 0 radical (unpaired) electrons. The molecule has 1 saturated heterocycles. The molecule has 0 atom stereocenters. The smallest absolute Gasteiger partial charge is 0.325 e. The second-order valence-corrected chi connectivity index (χ2v) is 6.17. The molecule has 0 bridgehead atoms. The first kappa shape index (κ1) is 15.6. The van der Waals surface area contributed by atoms with Gasteiger partial charge in [-0.3, -0.25) is 14.5 Å². The van der Waals surface area contributed by atoms with E-state index in [1.54, 1.807) is 12.1 Å². The van der Waals surface area contributed by atoms with Gasteiger partial charge in [0.1, 0.15) is 17.8 Å². The van der Waals surface area contributed by atoms with Crippen LogP contribution in [0.25, 0.3) is 0 Å². The first-order valence-corrected chi connectivity index (χ1v) is 8.04. The molecular formula is C16H21N3O4. The molecule has 4 amide bonds. The van der Waals surface area contributed by atoms with Gasteiger partial charge in [-0.1, -0.05) is 25.7 Å². The highest BCUT2D eigenvalue weighted by atomic mass is 16.3. The van der Waals surface area contributed by atoms with Crippen LogP contribution in [0.2, 0.25) is 0 Å². The minimum absolute atomic E-state index is 0.237. The predicted molar refractivity (Wildman–Crippen MR) is 81.2 cm³/mol. The fourth-order valence-corrected chi connectivity index (χ4v) is 3.29. The number of amides is 4. The van der Waals surface area contributed by atoms with E-state index in [9.17, 15) is 14.4 Å². The third-order valence-electron chi connectivity index (χ3n) is 4.54. The lowest BCUT2D eigenvalue weighted by Gasteiger charge is -2.24. The largest absolute Gasteiger partial charge is 0.467 e. The first-order chi connectivity index (χ1) is 11.1. The van der Waals surface area contributed by atoms with Gasteiger partial charge < -0.3 is 15.1 Å². The van der Waals surface area contributed by atoms with E-state index < -0.39 is 11.6 Å². The molecule has 2 aliphatic rings. The first-order valence-electron chi connectivity index (χ1n) is 8.04. The Balaban J connectivity index is 1.60. The summed E-state index contributed by atoms with van der Waals surface area (Å²) < 4.78 is 5.13. The Kier molecular flexibility index (Phi) is 4.36. The van der Waals surface area contributed by atoms with Crippen molar-refractivity contribution >= 4 is 17.8 Å². The second kappa shape index (κ2) is 6.44. The van der Waals surface area contributed by atoms with Gasteiger partial charge in [0, 0.05) is 0 Å². The minimum Gasteiger partial charge on any atom is -0.467 e. The Morgan fingerprint density at radius 1 is 1.26 bits per heavy atom. The van der Waals surface area contributed by atoms with Crippen LogP contribution in [0.3, 0.4) is 0 Å². The third kappa shape index (κ3) is 3.23. The Hall–Kier alpha value is -2.31. The van der Waals surface area contributed by atoms with E-state index in [0.29, 0.717) is 18.6 Å². The van der Waals surface area contributed by atoms with E-state index in [2.05, 4.69) is 10.6 Å². The molecule has 1 aromatic rings. The molecule has 1 aliphatic carbocycles. The van der Waals surface area contributed by atoms with Crippen LogP contribution >= 0.6 is 0 Å². The summed E-state index contributed by atoms with van der Waals surface area (Å²) in [5.74, 6) is -0.0242. The molecule has 1 aromatic heterocycles. The highest BCUT2D eigenvalue weighted by Gasteiger charge is 2.51. The summed E-state index contributed by atoms with van der Waals surface area (Å²) in [5.41, 5.74) is -0.797. The molecule has 7 heteroatoms. The van der Waals surface area contributed by atoms with Gasteiger partial charge in [0.2, 0.25) is 5.91 Å². The number of carbonyl (C=O) groups excluding carboxylic acids is 3. The number of rotatable bonds is 4. The molecule has 124 valence electrons. The highest BCUT2D eigenvalue weighted by Crippen LogP contribution is 2.32. The van der Waals surface area contributed by atoms with Gasteiger partial charge in [-0.05, 0) is 25.0 Å². The van der Waals surface area contributed by atoms with Gasteiger partial charge in [-0.15, -0.1) is 0 Å². The number of furan rings is 1. The topological polar surface area (TPSA) is 91.7 Å². The monoisotopic (exact) mass is 319 g/mol. The van der Waals surface area contributed by atoms with Gasteiger partial charge in [-0.25, -0.2) is 4.79 Å². The van der Waals surface area contributed by atoms with Crippen LogP contribution in [-0.2, 0) is 16.1 Å². The molecule has 1 spiro atoms. The Labute approximate surface area is 134 Å². The summed E-state index contributed by atoms with van der Waals surface area (Å²) in [6.07, 6.45) is 6.83. The molecule has 1 aliphatic heterocycles. The average molecular weight is 319 g/mol. The maximum absolute atomic E-state index is 12.7. The Morgan fingerprint density at radius 2 is 2.00 bits per heavy atom. The van der Waals surface area contributed by atoms with E-state index in [1.165, 1.54) is 6.26 Å². The van der Waals surface area contributed by atoms with Gasteiger partial charge in [-0.2, -0.15) is 0 Å². The van der Waals surface area contributed by atoms with Crippen molar-refractivity contribution in [2.75, 3.05) is 6.54 Å². The molecule has 0 unspecified atom stereocenters. The van der Waals surface area contributed by atoms with E-state index in [4.69, 9.17) is 4.42 Å². The maximum atomic E-state index is 12.7. The standard InChI is InChI=1S/C16H21N3O4/c20-13(17-10-12-6-5-9-23-12)11-19-14(21)16(18-15(19)22)7-3-1-2-4-8-16/h5-6,9H,1-4,7-8,10-11H2,(H,17,20)(H,18,22). The third-order valence-corrected chi connectivity index (χ3v) is 4.54. The van der Waals surface area contributed by atoms with E-state index in [-0.39, 0.29) is 24.9 Å². The van der Waals surface area contributed by atoms with Gasteiger partial charge >= 0.3 is 6.03 Å².